The zero-order valence-corrected chi connectivity index (χ0v) is 13.8. The molecule has 22 heavy (non-hydrogen) atoms. The zero-order valence-electron chi connectivity index (χ0n) is 13.8. The van der Waals surface area contributed by atoms with E-state index in [9.17, 15) is 13.6 Å². The number of rotatable bonds is 0. The highest BCUT2D eigenvalue weighted by molar-refractivity contribution is 5.87. The summed E-state index contributed by atoms with van der Waals surface area (Å²) in [5.74, 6) is -1.91. The molecule has 3 heteroatoms. The summed E-state index contributed by atoms with van der Waals surface area (Å²) < 4.78 is 29.9. The third kappa shape index (κ3) is 1.77. The molecule has 0 N–H and O–H groups in total. The maximum Gasteiger partial charge on any atom is 0.251 e. The van der Waals surface area contributed by atoms with E-state index in [0.29, 0.717) is 24.5 Å². The van der Waals surface area contributed by atoms with Crippen molar-refractivity contribution in [3.8, 4) is 0 Å². The van der Waals surface area contributed by atoms with Gasteiger partial charge in [0.1, 0.15) is 5.78 Å². The van der Waals surface area contributed by atoms with E-state index in [1.54, 1.807) is 0 Å². The van der Waals surface area contributed by atoms with Crippen molar-refractivity contribution in [2.24, 2.45) is 34.5 Å². The summed E-state index contributed by atoms with van der Waals surface area (Å²) >= 11 is 0. The normalized spacial score (nSPS) is 53.5. The van der Waals surface area contributed by atoms with Crippen LogP contribution in [0, 0.1) is 34.5 Å². The van der Waals surface area contributed by atoms with Crippen molar-refractivity contribution >= 4 is 5.78 Å². The van der Waals surface area contributed by atoms with E-state index in [2.05, 4.69) is 13.8 Å². The second-order valence-corrected chi connectivity index (χ2v) is 9.06. The molecule has 0 aromatic carbocycles. The fourth-order valence-electron chi connectivity index (χ4n) is 7.11. The van der Waals surface area contributed by atoms with Gasteiger partial charge in [-0.25, -0.2) is 8.78 Å². The van der Waals surface area contributed by atoms with Gasteiger partial charge in [-0.2, -0.15) is 0 Å². The summed E-state index contributed by atoms with van der Waals surface area (Å²) in [6.07, 6.45) is 7.19. The molecule has 0 aromatic rings. The number of ketones is 1. The van der Waals surface area contributed by atoms with E-state index in [0.717, 1.165) is 38.5 Å². The number of fused-ring (bicyclic) bond motifs is 5. The van der Waals surface area contributed by atoms with Gasteiger partial charge in [-0.05, 0) is 55.3 Å². The van der Waals surface area contributed by atoms with E-state index in [-0.39, 0.29) is 29.1 Å². The predicted molar refractivity (Wildman–Crippen MR) is 81.7 cm³/mol. The molecule has 0 aliphatic heterocycles. The molecule has 0 saturated heterocycles. The Morgan fingerprint density at radius 3 is 2.55 bits per heavy atom. The van der Waals surface area contributed by atoms with Crippen LogP contribution in [0.4, 0.5) is 8.78 Å². The molecule has 4 fully saturated rings. The Morgan fingerprint density at radius 1 is 1.00 bits per heavy atom. The molecule has 4 rings (SSSR count). The average Bonchev–Trinajstić information content (AvgIpc) is 2.74. The van der Waals surface area contributed by atoms with Crippen molar-refractivity contribution in [1.29, 1.82) is 0 Å². The molecule has 124 valence electrons. The van der Waals surface area contributed by atoms with Crippen LogP contribution in [0.25, 0.3) is 0 Å². The first-order valence-electron chi connectivity index (χ1n) is 9.20. The molecule has 4 aliphatic carbocycles. The predicted octanol–water partition coefficient (Wildman–Crippen LogP) is 5.23. The van der Waals surface area contributed by atoms with E-state index in [4.69, 9.17) is 0 Å². The van der Waals surface area contributed by atoms with E-state index in [1.165, 1.54) is 0 Å². The molecule has 0 amide bonds. The van der Waals surface area contributed by atoms with Gasteiger partial charge < -0.3 is 0 Å². The Balaban J connectivity index is 1.74. The Morgan fingerprint density at radius 2 is 1.77 bits per heavy atom. The first kappa shape index (κ1) is 15.1. The molecule has 0 bridgehead atoms. The minimum atomic E-state index is -2.53. The molecular weight excluding hydrogens is 282 g/mol. The number of hydrogen-bond donors (Lipinski definition) is 0. The number of carbonyl (C=O) groups excluding carboxylic acids is 1. The van der Waals surface area contributed by atoms with Gasteiger partial charge >= 0.3 is 0 Å². The second-order valence-electron chi connectivity index (χ2n) is 9.06. The lowest BCUT2D eigenvalue weighted by Crippen LogP contribution is -2.59. The van der Waals surface area contributed by atoms with Crippen LogP contribution in [-0.4, -0.2) is 11.7 Å². The molecule has 1 nitrogen and oxygen atoms in total. The van der Waals surface area contributed by atoms with Gasteiger partial charge in [-0.1, -0.05) is 26.7 Å². The summed E-state index contributed by atoms with van der Waals surface area (Å²) in [6, 6.07) is 0. The lowest BCUT2D eigenvalue weighted by atomic mass is 9.44. The SMILES string of the molecule is CC12CCC3C(CC(F)(F)C4CCCCC34C)C1CCC2=O. The van der Waals surface area contributed by atoms with Gasteiger partial charge in [-0.15, -0.1) is 0 Å². The van der Waals surface area contributed by atoms with Gasteiger partial charge in [0.25, 0.3) is 5.92 Å². The van der Waals surface area contributed by atoms with Crippen LogP contribution in [0.2, 0.25) is 0 Å². The number of carbonyl (C=O) groups is 1. The van der Waals surface area contributed by atoms with Crippen molar-refractivity contribution < 1.29 is 13.6 Å². The highest BCUT2D eigenvalue weighted by Gasteiger charge is 2.66. The van der Waals surface area contributed by atoms with Gasteiger partial charge in [0.05, 0.1) is 0 Å². The van der Waals surface area contributed by atoms with Crippen molar-refractivity contribution in [3.05, 3.63) is 0 Å². The zero-order chi connectivity index (χ0) is 15.8. The summed E-state index contributed by atoms with van der Waals surface area (Å²) in [5.41, 5.74) is -0.493. The molecule has 6 unspecified atom stereocenters. The Hall–Kier alpha value is -0.470. The van der Waals surface area contributed by atoms with E-state index >= 15 is 0 Å². The van der Waals surface area contributed by atoms with Crippen molar-refractivity contribution in [2.75, 3.05) is 0 Å². The minimum absolute atomic E-state index is 0.0471. The van der Waals surface area contributed by atoms with Crippen LogP contribution in [-0.2, 0) is 4.79 Å². The monoisotopic (exact) mass is 310 g/mol. The van der Waals surface area contributed by atoms with Gasteiger partial charge in [-0.3, -0.25) is 4.79 Å². The van der Waals surface area contributed by atoms with Crippen molar-refractivity contribution in [1.82, 2.24) is 0 Å². The van der Waals surface area contributed by atoms with Crippen molar-refractivity contribution in [3.63, 3.8) is 0 Å². The standard InChI is InChI=1S/C19H28F2O/c1-17-9-4-3-5-15(17)19(20,21)11-12-13-6-7-16(22)18(13,2)10-8-14(12)17/h12-15H,3-11H2,1-2H3. The third-order valence-electron chi connectivity index (χ3n) is 8.27. The summed E-state index contributed by atoms with van der Waals surface area (Å²) in [6.45, 7) is 4.22. The summed E-state index contributed by atoms with van der Waals surface area (Å²) in [4.78, 5) is 12.3. The highest BCUT2D eigenvalue weighted by Crippen LogP contribution is 2.68. The van der Waals surface area contributed by atoms with E-state index in [1.807, 2.05) is 0 Å². The van der Waals surface area contributed by atoms with Crippen LogP contribution in [0.15, 0.2) is 0 Å². The Labute approximate surface area is 132 Å². The number of halogens is 2. The maximum absolute atomic E-state index is 15.0. The van der Waals surface area contributed by atoms with E-state index < -0.39 is 11.8 Å². The first-order chi connectivity index (χ1) is 10.3. The quantitative estimate of drug-likeness (QED) is 0.598. The van der Waals surface area contributed by atoms with Crippen LogP contribution in [0.5, 0.6) is 0 Å². The molecule has 0 spiro atoms. The molecular formula is C19H28F2O. The fourth-order valence-corrected chi connectivity index (χ4v) is 7.11. The maximum atomic E-state index is 15.0. The molecule has 4 saturated carbocycles. The largest absolute Gasteiger partial charge is 0.299 e. The first-order valence-corrected chi connectivity index (χ1v) is 9.20. The number of hydrogen-bond acceptors (Lipinski definition) is 1. The third-order valence-corrected chi connectivity index (χ3v) is 8.27. The highest BCUT2D eigenvalue weighted by atomic mass is 19.3. The van der Waals surface area contributed by atoms with Crippen LogP contribution in [0.1, 0.15) is 71.6 Å². The lowest BCUT2D eigenvalue weighted by Gasteiger charge is -2.61. The molecule has 4 aliphatic rings. The second kappa shape index (κ2) is 4.54. The number of alkyl halides is 2. The van der Waals surface area contributed by atoms with Crippen LogP contribution in [0.3, 0.4) is 0 Å². The number of Topliss-reactive ketones (excluding diaryl/α,β-unsaturated/α-hetero) is 1. The van der Waals surface area contributed by atoms with Gasteiger partial charge in [0.15, 0.2) is 0 Å². The topological polar surface area (TPSA) is 17.1 Å². The van der Waals surface area contributed by atoms with Gasteiger partial charge in [0.2, 0.25) is 0 Å². The molecule has 0 heterocycles. The van der Waals surface area contributed by atoms with Gasteiger partial charge in [0, 0.05) is 24.2 Å². The van der Waals surface area contributed by atoms with Crippen LogP contribution >= 0.6 is 0 Å². The smallest absolute Gasteiger partial charge is 0.251 e. The lowest BCUT2D eigenvalue weighted by molar-refractivity contribution is -0.222. The van der Waals surface area contributed by atoms with Crippen molar-refractivity contribution in [2.45, 2.75) is 77.6 Å². The molecule has 0 aromatic heterocycles. The Kier molecular flexibility index (Phi) is 3.11. The molecule has 6 atom stereocenters. The molecule has 0 radical (unpaired) electrons. The summed E-state index contributed by atoms with van der Waals surface area (Å²) in [5, 5.41) is 0. The fraction of sp³-hybridized carbons (Fsp3) is 0.947. The Bertz CT molecular complexity index is 502. The summed E-state index contributed by atoms with van der Waals surface area (Å²) in [7, 11) is 0. The average molecular weight is 310 g/mol. The minimum Gasteiger partial charge on any atom is -0.299 e. The van der Waals surface area contributed by atoms with Crippen LogP contribution < -0.4 is 0 Å².